The summed E-state index contributed by atoms with van der Waals surface area (Å²) in [4.78, 5) is 11.5. The predicted molar refractivity (Wildman–Crippen MR) is 70.4 cm³/mol. The van der Waals surface area contributed by atoms with Gasteiger partial charge in [-0.05, 0) is 53.5 Å². The highest BCUT2D eigenvalue weighted by atomic mass is 16.5. The Bertz CT molecular complexity index is 563. The molecule has 0 spiro atoms. The minimum absolute atomic E-state index is 0.0386. The maximum atomic E-state index is 11.5. The zero-order valence-electron chi connectivity index (χ0n) is 10.9. The Morgan fingerprint density at radius 1 is 1.35 bits per heavy atom. The summed E-state index contributed by atoms with van der Waals surface area (Å²) in [7, 11) is 0. The van der Waals surface area contributed by atoms with Crippen LogP contribution in [0, 0.1) is 5.92 Å². The quantitative estimate of drug-likeness (QED) is 0.832. The third kappa shape index (κ3) is 3.31. The minimum Gasteiger partial charge on any atom is -0.484 e. The Morgan fingerprint density at radius 2 is 2.15 bits per heavy atom. The lowest BCUT2D eigenvalue weighted by Crippen LogP contribution is -2.30. The maximum Gasteiger partial charge on any atom is 0.257 e. The van der Waals surface area contributed by atoms with Crippen molar-refractivity contribution in [3.8, 4) is 11.4 Å². The predicted octanol–water partition coefficient (Wildman–Crippen LogP) is 0.567. The van der Waals surface area contributed by atoms with E-state index in [0.29, 0.717) is 11.7 Å². The number of amides is 1. The number of hydrogen-bond acceptors (Lipinski definition) is 5. The van der Waals surface area contributed by atoms with Crippen LogP contribution in [-0.2, 0) is 4.79 Å². The molecule has 7 heteroatoms. The molecule has 2 aromatic rings. The first kappa shape index (κ1) is 12.6. The number of rotatable bonds is 6. The van der Waals surface area contributed by atoms with Crippen LogP contribution in [0.25, 0.3) is 5.69 Å². The highest BCUT2D eigenvalue weighted by molar-refractivity contribution is 5.77. The third-order valence-corrected chi connectivity index (χ3v) is 3.11. The topological polar surface area (TPSA) is 81.9 Å². The molecule has 20 heavy (non-hydrogen) atoms. The van der Waals surface area contributed by atoms with Gasteiger partial charge in [-0.15, -0.1) is 5.10 Å². The second-order valence-electron chi connectivity index (χ2n) is 4.78. The van der Waals surface area contributed by atoms with Crippen LogP contribution in [0.2, 0.25) is 0 Å². The molecule has 1 N–H and O–H groups in total. The summed E-state index contributed by atoms with van der Waals surface area (Å²) >= 11 is 0. The molecule has 0 bridgehead atoms. The van der Waals surface area contributed by atoms with Crippen molar-refractivity contribution in [3.05, 3.63) is 30.6 Å². The van der Waals surface area contributed by atoms with Crippen molar-refractivity contribution >= 4 is 5.91 Å². The number of benzene rings is 1. The lowest BCUT2D eigenvalue weighted by molar-refractivity contribution is -0.123. The van der Waals surface area contributed by atoms with Gasteiger partial charge in [-0.3, -0.25) is 4.79 Å². The number of carbonyl (C=O) groups excluding carboxylic acids is 1. The average Bonchev–Trinajstić information content (AvgIpc) is 3.15. The van der Waals surface area contributed by atoms with Gasteiger partial charge in [0.25, 0.3) is 5.91 Å². The molecular weight excluding hydrogens is 258 g/mol. The molecule has 1 heterocycles. The number of nitrogens with one attached hydrogen (secondary N) is 1. The summed E-state index contributed by atoms with van der Waals surface area (Å²) in [6.07, 6.45) is 3.96. The van der Waals surface area contributed by atoms with Crippen LogP contribution in [0.5, 0.6) is 5.75 Å². The molecule has 1 aliphatic rings. The van der Waals surface area contributed by atoms with E-state index in [-0.39, 0.29) is 12.5 Å². The van der Waals surface area contributed by atoms with Gasteiger partial charge in [0.2, 0.25) is 0 Å². The summed E-state index contributed by atoms with van der Waals surface area (Å²) in [6.45, 7) is 0.803. The van der Waals surface area contributed by atoms with Crippen LogP contribution < -0.4 is 10.1 Å². The molecule has 0 unspecified atom stereocenters. The average molecular weight is 273 g/mol. The Morgan fingerprint density at radius 3 is 2.80 bits per heavy atom. The van der Waals surface area contributed by atoms with E-state index in [1.54, 1.807) is 16.8 Å². The van der Waals surface area contributed by atoms with Gasteiger partial charge in [0.15, 0.2) is 6.61 Å². The fourth-order valence-corrected chi connectivity index (χ4v) is 1.75. The van der Waals surface area contributed by atoms with Crippen LogP contribution in [0.3, 0.4) is 0 Å². The van der Waals surface area contributed by atoms with E-state index in [2.05, 4.69) is 20.8 Å². The summed E-state index contributed by atoms with van der Waals surface area (Å²) in [5.74, 6) is 1.24. The molecule has 0 aliphatic heterocycles. The SMILES string of the molecule is O=C(COc1ccc(-n2cnnn2)cc1)NCC1CC1. The summed E-state index contributed by atoms with van der Waals surface area (Å²) < 4.78 is 6.97. The van der Waals surface area contributed by atoms with Gasteiger partial charge < -0.3 is 10.1 Å². The summed E-state index contributed by atoms with van der Waals surface area (Å²) in [6, 6.07) is 7.22. The molecule has 7 nitrogen and oxygen atoms in total. The number of carbonyl (C=O) groups is 1. The highest BCUT2D eigenvalue weighted by Crippen LogP contribution is 2.27. The normalized spacial score (nSPS) is 14.0. The van der Waals surface area contributed by atoms with Gasteiger partial charge in [-0.1, -0.05) is 0 Å². The molecule has 0 atom stereocenters. The molecule has 104 valence electrons. The minimum atomic E-state index is -0.0820. The van der Waals surface area contributed by atoms with E-state index in [9.17, 15) is 4.79 Å². The molecule has 1 saturated carbocycles. The van der Waals surface area contributed by atoms with Crippen LogP contribution in [-0.4, -0.2) is 39.3 Å². The molecular formula is C13H15N5O2. The Balaban J connectivity index is 1.48. The Hall–Kier alpha value is -2.44. The molecule has 1 aromatic carbocycles. The van der Waals surface area contributed by atoms with Gasteiger partial charge in [-0.2, -0.15) is 0 Å². The van der Waals surface area contributed by atoms with Crippen molar-refractivity contribution < 1.29 is 9.53 Å². The largest absolute Gasteiger partial charge is 0.484 e. The van der Waals surface area contributed by atoms with E-state index >= 15 is 0 Å². The van der Waals surface area contributed by atoms with Crippen molar-refractivity contribution in [2.45, 2.75) is 12.8 Å². The molecule has 1 amide bonds. The van der Waals surface area contributed by atoms with E-state index in [1.807, 2.05) is 12.1 Å². The third-order valence-electron chi connectivity index (χ3n) is 3.11. The summed E-state index contributed by atoms with van der Waals surface area (Å²) in [5, 5.41) is 13.8. The van der Waals surface area contributed by atoms with Gasteiger partial charge >= 0.3 is 0 Å². The van der Waals surface area contributed by atoms with Gasteiger partial charge in [-0.25, -0.2) is 4.68 Å². The first-order valence-corrected chi connectivity index (χ1v) is 6.54. The molecule has 1 fully saturated rings. The zero-order chi connectivity index (χ0) is 13.8. The molecule has 1 aliphatic carbocycles. The molecule has 3 rings (SSSR count). The lowest BCUT2D eigenvalue weighted by atomic mass is 10.3. The number of tetrazole rings is 1. The van der Waals surface area contributed by atoms with Gasteiger partial charge in [0, 0.05) is 6.54 Å². The van der Waals surface area contributed by atoms with Crippen molar-refractivity contribution in [3.63, 3.8) is 0 Å². The van der Waals surface area contributed by atoms with Gasteiger partial charge in [0.1, 0.15) is 12.1 Å². The number of aromatic nitrogens is 4. The highest BCUT2D eigenvalue weighted by Gasteiger charge is 2.21. The zero-order valence-corrected chi connectivity index (χ0v) is 10.9. The number of ether oxygens (including phenoxy) is 1. The van der Waals surface area contributed by atoms with E-state index in [4.69, 9.17) is 4.74 Å². The molecule has 0 saturated heterocycles. The standard InChI is InChI=1S/C13H15N5O2/c19-13(14-7-10-1-2-10)8-20-12-5-3-11(4-6-12)18-9-15-16-17-18/h3-6,9-10H,1-2,7-8H2,(H,14,19). The Labute approximate surface area is 115 Å². The molecule has 1 aromatic heterocycles. The Kier molecular flexibility index (Phi) is 3.58. The number of nitrogens with zero attached hydrogens (tertiary/aromatic N) is 4. The first-order valence-electron chi connectivity index (χ1n) is 6.54. The van der Waals surface area contributed by atoms with Crippen LogP contribution in [0.15, 0.2) is 30.6 Å². The van der Waals surface area contributed by atoms with Crippen LogP contribution in [0.4, 0.5) is 0 Å². The first-order chi connectivity index (χ1) is 9.81. The van der Waals surface area contributed by atoms with Crippen molar-refractivity contribution in [2.24, 2.45) is 5.92 Å². The van der Waals surface area contributed by atoms with Crippen LogP contribution >= 0.6 is 0 Å². The van der Waals surface area contributed by atoms with Gasteiger partial charge in [0.05, 0.1) is 5.69 Å². The fourth-order valence-electron chi connectivity index (χ4n) is 1.75. The number of hydrogen-bond donors (Lipinski definition) is 1. The van der Waals surface area contributed by atoms with E-state index < -0.39 is 0 Å². The van der Waals surface area contributed by atoms with Crippen molar-refractivity contribution in [1.82, 2.24) is 25.5 Å². The smallest absolute Gasteiger partial charge is 0.257 e. The summed E-state index contributed by atoms with van der Waals surface area (Å²) in [5.41, 5.74) is 0.834. The van der Waals surface area contributed by atoms with Crippen LogP contribution in [0.1, 0.15) is 12.8 Å². The second-order valence-corrected chi connectivity index (χ2v) is 4.78. The molecule has 0 radical (unpaired) electrons. The van der Waals surface area contributed by atoms with Crippen molar-refractivity contribution in [2.75, 3.05) is 13.2 Å². The fraction of sp³-hybridized carbons (Fsp3) is 0.385. The second kappa shape index (κ2) is 5.68. The lowest BCUT2D eigenvalue weighted by Gasteiger charge is -2.07. The van der Waals surface area contributed by atoms with Crippen molar-refractivity contribution in [1.29, 1.82) is 0 Å². The van der Waals surface area contributed by atoms with E-state index in [1.165, 1.54) is 19.2 Å². The maximum absolute atomic E-state index is 11.5. The van der Waals surface area contributed by atoms with E-state index in [0.717, 1.165) is 12.2 Å². The monoisotopic (exact) mass is 273 g/mol.